The number of aromatic nitrogens is 2. The SMILES string of the molecule is COc1ccc(CNC(=O)C2CCN(c3nc4ccccc4nc3OC)CC2)cc1. The van der Waals surface area contributed by atoms with Crippen molar-refractivity contribution in [3.05, 3.63) is 54.1 Å². The normalized spacial score (nSPS) is 14.5. The number of carbonyl (C=O) groups is 1. The molecule has 2 aromatic carbocycles. The number of amides is 1. The number of para-hydroxylation sites is 2. The number of nitrogens with one attached hydrogen (secondary N) is 1. The molecule has 1 fully saturated rings. The summed E-state index contributed by atoms with van der Waals surface area (Å²) >= 11 is 0. The first-order chi connectivity index (χ1) is 14.7. The van der Waals surface area contributed by atoms with Gasteiger partial charge in [0.25, 0.3) is 5.88 Å². The van der Waals surface area contributed by atoms with Crippen molar-refractivity contribution >= 4 is 22.8 Å². The number of nitrogens with zero attached hydrogens (tertiary/aromatic N) is 3. The molecule has 0 spiro atoms. The number of fused-ring (bicyclic) bond motifs is 1. The van der Waals surface area contributed by atoms with Gasteiger partial charge in [-0.25, -0.2) is 9.97 Å². The minimum absolute atomic E-state index is 0.00101. The van der Waals surface area contributed by atoms with E-state index in [1.54, 1.807) is 14.2 Å². The van der Waals surface area contributed by atoms with Crippen molar-refractivity contribution in [2.45, 2.75) is 19.4 Å². The molecule has 1 aliphatic heterocycles. The van der Waals surface area contributed by atoms with Crippen molar-refractivity contribution in [1.82, 2.24) is 15.3 Å². The second-order valence-corrected chi connectivity index (χ2v) is 7.37. The standard InChI is InChI=1S/C23H26N4O3/c1-29-18-9-7-16(8-10-18)15-24-22(28)17-11-13-27(14-12-17)21-23(30-2)26-20-6-4-3-5-19(20)25-21/h3-10,17H,11-15H2,1-2H3,(H,24,28). The number of hydrogen-bond acceptors (Lipinski definition) is 6. The molecule has 7 nitrogen and oxygen atoms in total. The van der Waals surface area contributed by atoms with Gasteiger partial charge in [0.2, 0.25) is 5.91 Å². The highest BCUT2D eigenvalue weighted by atomic mass is 16.5. The summed E-state index contributed by atoms with van der Waals surface area (Å²) in [5.41, 5.74) is 2.70. The van der Waals surface area contributed by atoms with Crippen LogP contribution in [0.5, 0.6) is 11.6 Å². The third kappa shape index (κ3) is 4.30. The molecule has 1 amide bonds. The molecule has 1 aromatic heterocycles. The van der Waals surface area contributed by atoms with E-state index in [0.29, 0.717) is 12.4 Å². The zero-order valence-corrected chi connectivity index (χ0v) is 17.3. The first kappa shape index (κ1) is 19.9. The van der Waals surface area contributed by atoms with Crippen LogP contribution in [-0.2, 0) is 11.3 Å². The van der Waals surface area contributed by atoms with E-state index in [0.717, 1.165) is 54.1 Å². The van der Waals surface area contributed by atoms with E-state index >= 15 is 0 Å². The van der Waals surface area contributed by atoms with Crippen molar-refractivity contribution in [2.24, 2.45) is 5.92 Å². The van der Waals surface area contributed by atoms with E-state index in [1.807, 2.05) is 48.5 Å². The van der Waals surface area contributed by atoms with Crippen molar-refractivity contribution in [1.29, 1.82) is 0 Å². The van der Waals surface area contributed by atoms with Crippen LogP contribution in [0.15, 0.2) is 48.5 Å². The molecular weight excluding hydrogens is 380 g/mol. The quantitative estimate of drug-likeness (QED) is 0.678. The van der Waals surface area contributed by atoms with Crippen LogP contribution in [0.2, 0.25) is 0 Å². The van der Waals surface area contributed by atoms with Gasteiger partial charge in [-0.2, -0.15) is 0 Å². The Bertz CT molecular complexity index is 1010. The number of anilines is 1. The van der Waals surface area contributed by atoms with Crippen LogP contribution in [0.25, 0.3) is 11.0 Å². The first-order valence-corrected chi connectivity index (χ1v) is 10.1. The predicted molar refractivity (Wildman–Crippen MR) is 116 cm³/mol. The van der Waals surface area contributed by atoms with Crippen LogP contribution >= 0.6 is 0 Å². The van der Waals surface area contributed by atoms with Gasteiger partial charge in [0.05, 0.1) is 25.3 Å². The monoisotopic (exact) mass is 406 g/mol. The minimum atomic E-state index is -0.00101. The number of methoxy groups -OCH3 is 2. The Morgan fingerprint density at radius 3 is 2.30 bits per heavy atom. The van der Waals surface area contributed by atoms with Crippen LogP contribution in [0.4, 0.5) is 5.82 Å². The van der Waals surface area contributed by atoms with E-state index in [4.69, 9.17) is 14.5 Å². The summed E-state index contributed by atoms with van der Waals surface area (Å²) in [5.74, 6) is 2.18. The Hall–Kier alpha value is -3.35. The van der Waals surface area contributed by atoms with Crippen LogP contribution < -0.4 is 19.7 Å². The Kier molecular flexibility index (Phi) is 5.97. The van der Waals surface area contributed by atoms with E-state index in [-0.39, 0.29) is 11.8 Å². The maximum absolute atomic E-state index is 12.6. The van der Waals surface area contributed by atoms with Crippen LogP contribution in [0.1, 0.15) is 18.4 Å². The number of carbonyl (C=O) groups excluding carboxylic acids is 1. The Balaban J connectivity index is 1.36. The molecular formula is C23H26N4O3. The molecule has 0 radical (unpaired) electrons. The number of benzene rings is 2. The first-order valence-electron chi connectivity index (χ1n) is 10.1. The van der Waals surface area contributed by atoms with Gasteiger partial charge in [0.15, 0.2) is 5.82 Å². The molecule has 0 atom stereocenters. The van der Waals surface area contributed by atoms with Gasteiger partial charge in [-0.15, -0.1) is 0 Å². The summed E-state index contributed by atoms with van der Waals surface area (Å²) < 4.78 is 10.6. The molecule has 30 heavy (non-hydrogen) atoms. The van der Waals surface area contributed by atoms with E-state index in [1.165, 1.54) is 0 Å². The van der Waals surface area contributed by atoms with Gasteiger partial charge in [0, 0.05) is 25.6 Å². The lowest BCUT2D eigenvalue weighted by Gasteiger charge is -2.32. The summed E-state index contributed by atoms with van der Waals surface area (Å²) in [6.07, 6.45) is 1.54. The van der Waals surface area contributed by atoms with Gasteiger partial charge in [-0.1, -0.05) is 24.3 Å². The average molecular weight is 406 g/mol. The van der Waals surface area contributed by atoms with Crippen LogP contribution in [0.3, 0.4) is 0 Å². The maximum atomic E-state index is 12.6. The molecule has 0 aliphatic carbocycles. The van der Waals surface area contributed by atoms with E-state index in [2.05, 4.69) is 15.2 Å². The van der Waals surface area contributed by atoms with Gasteiger partial charge < -0.3 is 19.7 Å². The third-order valence-corrected chi connectivity index (χ3v) is 5.51. The summed E-state index contributed by atoms with van der Waals surface area (Å²) in [6.45, 7) is 2.00. The highest BCUT2D eigenvalue weighted by molar-refractivity contribution is 5.79. The topological polar surface area (TPSA) is 76.6 Å². The highest BCUT2D eigenvalue weighted by Crippen LogP contribution is 2.30. The lowest BCUT2D eigenvalue weighted by Crippen LogP contribution is -2.40. The zero-order chi connectivity index (χ0) is 20.9. The molecule has 4 rings (SSSR count). The minimum Gasteiger partial charge on any atom is -0.497 e. The van der Waals surface area contributed by atoms with E-state index in [9.17, 15) is 4.79 Å². The Morgan fingerprint density at radius 2 is 1.67 bits per heavy atom. The van der Waals surface area contributed by atoms with Gasteiger partial charge in [-0.3, -0.25) is 4.79 Å². The molecule has 0 saturated carbocycles. The molecule has 2 heterocycles. The smallest absolute Gasteiger partial charge is 0.257 e. The van der Waals surface area contributed by atoms with Crippen molar-refractivity contribution < 1.29 is 14.3 Å². The molecule has 3 aromatic rings. The summed E-state index contributed by atoms with van der Waals surface area (Å²) in [6, 6.07) is 15.5. The van der Waals surface area contributed by atoms with Crippen LogP contribution in [0, 0.1) is 5.92 Å². The number of hydrogen-bond donors (Lipinski definition) is 1. The molecule has 1 aliphatic rings. The average Bonchev–Trinajstić information content (AvgIpc) is 2.82. The molecule has 1 saturated heterocycles. The van der Waals surface area contributed by atoms with Gasteiger partial charge >= 0.3 is 0 Å². The molecule has 0 bridgehead atoms. The predicted octanol–water partition coefficient (Wildman–Crippen LogP) is 3.18. The maximum Gasteiger partial charge on any atom is 0.257 e. The second-order valence-electron chi connectivity index (χ2n) is 7.37. The fraction of sp³-hybridized carbons (Fsp3) is 0.348. The number of piperidine rings is 1. The number of ether oxygens (including phenoxy) is 2. The summed E-state index contributed by atoms with van der Waals surface area (Å²) in [7, 11) is 3.25. The van der Waals surface area contributed by atoms with Crippen molar-refractivity contribution in [2.75, 3.05) is 32.2 Å². The van der Waals surface area contributed by atoms with Crippen molar-refractivity contribution in [3.63, 3.8) is 0 Å². The molecule has 156 valence electrons. The molecule has 7 heteroatoms. The lowest BCUT2D eigenvalue weighted by molar-refractivity contribution is -0.125. The van der Waals surface area contributed by atoms with Crippen molar-refractivity contribution in [3.8, 4) is 11.6 Å². The lowest BCUT2D eigenvalue weighted by atomic mass is 9.96. The van der Waals surface area contributed by atoms with Crippen LogP contribution in [-0.4, -0.2) is 43.2 Å². The zero-order valence-electron chi connectivity index (χ0n) is 17.3. The fourth-order valence-electron chi connectivity index (χ4n) is 3.75. The Morgan fingerprint density at radius 1 is 1.00 bits per heavy atom. The third-order valence-electron chi connectivity index (χ3n) is 5.51. The van der Waals surface area contributed by atoms with Gasteiger partial charge in [0.1, 0.15) is 5.75 Å². The van der Waals surface area contributed by atoms with E-state index < -0.39 is 0 Å². The Labute approximate surface area is 176 Å². The summed E-state index contributed by atoms with van der Waals surface area (Å²) in [4.78, 5) is 24.1. The molecule has 1 N–H and O–H groups in total. The molecule has 0 unspecified atom stereocenters. The second kappa shape index (κ2) is 8.98. The largest absolute Gasteiger partial charge is 0.497 e. The highest BCUT2D eigenvalue weighted by Gasteiger charge is 2.27. The van der Waals surface area contributed by atoms with Gasteiger partial charge in [-0.05, 0) is 42.7 Å². The fourth-order valence-corrected chi connectivity index (χ4v) is 3.75. The summed E-state index contributed by atoms with van der Waals surface area (Å²) in [5, 5.41) is 3.06. The number of rotatable bonds is 6.